The van der Waals surface area contributed by atoms with E-state index < -0.39 is 0 Å². The van der Waals surface area contributed by atoms with Crippen molar-refractivity contribution >= 4 is 22.3 Å². The van der Waals surface area contributed by atoms with Crippen molar-refractivity contribution in [1.82, 2.24) is 0 Å². The van der Waals surface area contributed by atoms with E-state index in [-0.39, 0.29) is 11.6 Å². The first kappa shape index (κ1) is 13.0. The molecule has 1 aliphatic carbocycles. The standard InChI is InChI=1S/C20H14O2/c1-11-8-9-14-17-16(11)12(2)10-15(13-6-4-3-5-7-13)18(17)20(22)19(14)21/h3-10H,1-2H3. The van der Waals surface area contributed by atoms with Gasteiger partial charge in [-0.25, -0.2) is 0 Å². The summed E-state index contributed by atoms with van der Waals surface area (Å²) < 4.78 is 0. The molecule has 3 aromatic carbocycles. The molecule has 2 heteroatoms. The number of benzene rings is 3. The average Bonchev–Trinajstić information content (AvgIpc) is 2.78. The molecule has 0 saturated carbocycles. The monoisotopic (exact) mass is 286 g/mol. The van der Waals surface area contributed by atoms with E-state index in [0.717, 1.165) is 33.0 Å². The van der Waals surface area contributed by atoms with Crippen LogP contribution in [-0.2, 0) is 0 Å². The highest BCUT2D eigenvalue weighted by atomic mass is 16.2. The number of Topliss-reactive ketones (excluding diaryl/α,β-unsaturated/α-hetero) is 2. The van der Waals surface area contributed by atoms with Crippen molar-refractivity contribution in [2.75, 3.05) is 0 Å². The Kier molecular flexibility index (Phi) is 2.58. The maximum Gasteiger partial charge on any atom is 0.234 e. The molecule has 0 saturated heterocycles. The van der Waals surface area contributed by atoms with E-state index in [4.69, 9.17) is 0 Å². The first-order valence-corrected chi connectivity index (χ1v) is 7.31. The van der Waals surface area contributed by atoms with Crippen LogP contribution in [0.5, 0.6) is 0 Å². The summed E-state index contributed by atoms with van der Waals surface area (Å²) in [5, 5.41) is 1.86. The van der Waals surface area contributed by atoms with E-state index >= 15 is 0 Å². The number of carbonyl (C=O) groups is 2. The van der Waals surface area contributed by atoms with Gasteiger partial charge in [0.15, 0.2) is 0 Å². The van der Waals surface area contributed by atoms with Crippen LogP contribution in [0.3, 0.4) is 0 Å². The van der Waals surface area contributed by atoms with Gasteiger partial charge in [-0.3, -0.25) is 9.59 Å². The minimum atomic E-state index is -0.386. The number of aryl methyl sites for hydroxylation is 2. The quantitative estimate of drug-likeness (QED) is 0.617. The van der Waals surface area contributed by atoms with Gasteiger partial charge in [0.1, 0.15) is 0 Å². The Morgan fingerprint density at radius 3 is 2.14 bits per heavy atom. The lowest BCUT2D eigenvalue weighted by atomic mass is 9.90. The zero-order chi connectivity index (χ0) is 15.4. The number of rotatable bonds is 1. The smallest absolute Gasteiger partial charge is 0.234 e. The van der Waals surface area contributed by atoms with E-state index in [0.29, 0.717) is 11.1 Å². The average molecular weight is 286 g/mol. The molecule has 0 fully saturated rings. The first-order chi connectivity index (χ1) is 10.6. The molecule has 0 aliphatic heterocycles. The molecule has 0 aromatic heterocycles. The van der Waals surface area contributed by atoms with Gasteiger partial charge in [0.25, 0.3) is 0 Å². The number of hydrogen-bond acceptors (Lipinski definition) is 2. The SMILES string of the molecule is Cc1ccc2c3c(c(-c4ccccc4)cc(C)c13)C(=O)C2=O. The molecule has 0 radical (unpaired) electrons. The topological polar surface area (TPSA) is 34.1 Å². The van der Waals surface area contributed by atoms with Crippen molar-refractivity contribution in [2.24, 2.45) is 0 Å². The van der Waals surface area contributed by atoms with Gasteiger partial charge in [-0.15, -0.1) is 0 Å². The summed E-state index contributed by atoms with van der Waals surface area (Å²) in [5.41, 5.74) is 5.13. The summed E-state index contributed by atoms with van der Waals surface area (Å²) >= 11 is 0. The molecule has 4 rings (SSSR count). The highest BCUT2D eigenvalue weighted by molar-refractivity contribution is 6.58. The predicted octanol–water partition coefficient (Wildman–Crippen LogP) is 4.50. The van der Waals surface area contributed by atoms with Crippen LogP contribution in [-0.4, -0.2) is 11.6 Å². The summed E-state index contributed by atoms with van der Waals surface area (Å²) in [4.78, 5) is 24.9. The minimum absolute atomic E-state index is 0.385. The van der Waals surface area contributed by atoms with Gasteiger partial charge in [0.05, 0.1) is 0 Å². The fourth-order valence-electron chi connectivity index (χ4n) is 3.48. The van der Waals surface area contributed by atoms with Crippen LogP contribution in [0.2, 0.25) is 0 Å². The van der Waals surface area contributed by atoms with Crippen molar-refractivity contribution in [3.63, 3.8) is 0 Å². The molecule has 0 amide bonds. The minimum Gasteiger partial charge on any atom is -0.285 e. The predicted molar refractivity (Wildman–Crippen MR) is 87.5 cm³/mol. The van der Waals surface area contributed by atoms with Crippen LogP contribution in [0.25, 0.3) is 21.9 Å². The third-order valence-corrected chi connectivity index (χ3v) is 4.45. The lowest BCUT2D eigenvalue weighted by molar-refractivity contribution is 0.0825. The van der Waals surface area contributed by atoms with Crippen LogP contribution >= 0.6 is 0 Å². The second kappa shape index (κ2) is 4.38. The normalized spacial score (nSPS) is 13.2. The molecule has 0 atom stereocenters. The summed E-state index contributed by atoms with van der Waals surface area (Å²) in [6.07, 6.45) is 0. The molecule has 2 nitrogen and oxygen atoms in total. The van der Waals surface area contributed by atoms with Crippen molar-refractivity contribution in [2.45, 2.75) is 13.8 Å². The second-order valence-corrected chi connectivity index (χ2v) is 5.82. The fourth-order valence-corrected chi connectivity index (χ4v) is 3.48. The maximum atomic E-state index is 12.5. The molecular formula is C20H14O2. The van der Waals surface area contributed by atoms with E-state index in [1.807, 2.05) is 56.3 Å². The van der Waals surface area contributed by atoms with Crippen LogP contribution in [0.1, 0.15) is 31.8 Å². The summed E-state index contributed by atoms with van der Waals surface area (Å²) in [7, 11) is 0. The van der Waals surface area contributed by atoms with Gasteiger partial charge in [-0.2, -0.15) is 0 Å². The highest BCUT2D eigenvalue weighted by Gasteiger charge is 2.34. The van der Waals surface area contributed by atoms with Crippen LogP contribution < -0.4 is 0 Å². The zero-order valence-corrected chi connectivity index (χ0v) is 12.4. The van der Waals surface area contributed by atoms with Gasteiger partial charge < -0.3 is 0 Å². The third-order valence-electron chi connectivity index (χ3n) is 4.45. The molecule has 1 aliphatic rings. The number of ketones is 2. The first-order valence-electron chi connectivity index (χ1n) is 7.31. The lowest BCUT2D eigenvalue weighted by Gasteiger charge is -2.12. The Hall–Kier alpha value is -2.74. The van der Waals surface area contributed by atoms with Gasteiger partial charge in [-0.1, -0.05) is 42.5 Å². The molecule has 106 valence electrons. The van der Waals surface area contributed by atoms with E-state index in [1.54, 1.807) is 6.07 Å². The van der Waals surface area contributed by atoms with E-state index in [2.05, 4.69) is 0 Å². The Morgan fingerprint density at radius 2 is 1.41 bits per heavy atom. The summed E-state index contributed by atoms with van der Waals surface area (Å²) in [5.74, 6) is -0.771. The largest absolute Gasteiger partial charge is 0.285 e. The van der Waals surface area contributed by atoms with Crippen LogP contribution in [0, 0.1) is 13.8 Å². The molecule has 0 unspecified atom stereocenters. The number of hydrogen-bond donors (Lipinski definition) is 0. The Balaban J connectivity index is 2.22. The van der Waals surface area contributed by atoms with Gasteiger partial charge in [0, 0.05) is 16.5 Å². The van der Waals surface area contributed by atoms with Gasteiger partial charge in [-0.05, 0) is 47.6 Å². The Morgan fingerprint density at radius 1 is 0.682 bits per heavy atom. The lowest BCUT2D eigenvalue weighted by Crippen LogP contribution is -2.07. The molecule has 0 spiro atoms. The third kappa shape index (κ3) is 1.55. The van der Waals surface area contributed by atoms with Crippen molar-refractivity contribution < 1.29 is 9.59 Å². The van der Waals surface area contributed by atoms with Crippen LogP contribution in [0.15, 0.2) is 48.5 Å². The van der Waals surface area contributed by atoms with Crippen molar-refractivity contribution in [1.29, 1.82) is 0 Å². The van der Waals surface area contributed by atoms with Gasteiger partial charge in [0.2, 0.25) is 11.6 Å². The highest BCUT2D eigenvalue weighted by Crippen LogP contribution is 2.40. The molecule has 3 aromatic rings. The zero-order valence-electron chi connectivity index (χ0n) is 12.4. The van der Waals surface area contributed by atoms with E-state index in [1.165, 1.54) is 0 Å². The van der Waals surface area contributed by atoms with Crippen molar-refractivity contribution in [3.8, 4) is 11.1 Å². The fraction of sp³-hybridized carbons (Fsp3) is 0.100. The second-order valence-electron chi connectivity index (χ2n) is 5.82. The van der Waals surface area contributed by atoms with E-state index in [9.17, 15) is 9.59 Å². The van der Waals surface area contributed by atoms with Crippen molar-refractivity contribution in [3.05, 3.63) is 70.8 Å². The van der Waals surface area contributed by atoms with Crippen LogP contribution in [0.4, 0.5) is 0 Å². The molecular weight excluding hydrogens is 272 g/mol. The van der Waals surface area contributed by atoms with Gasteiger partial charge >= 0.3 is 0 Å². The Labute approximate surface area is 128 Å². The summed E-state index contributed by atoms with van der Waals surface area (Å²) in [6.45, 7) is 4.06. The Bertz CT molecular complexity index is 966. The molecule has 22 heavy (non-hydrogen) atoms. The molecule has 0 N–H and O–H groups in total. The molecule has 0 bridgehead atoms. The summed E-state index contributed by atoms with van der Waals surface area (Å²) in [6, 6.07) is 15.5. The number of carbonyl (C=O) groups excluding carboxylic acids is 2. The maximum absolute atomic E-state index is 12.5. The molecule has 0 heterocycles.